The summed E-state index contributed by atoms with van der Waals surface area (Å²) in [5, 5.41) is 5.14. The number of nitrogens with one attached hydrogen (secondary N) is 1. The average molecular weight is 303 g/mol. The molecule has 0 aliphatic rings. The Hall–Kier alpha value is -0.510. The van der Waals surface area contributed by atoms with E-state index >= 15 is 0 Å². The van der Waals surface area contributed by atoms with Crippen molar-refractivity contribution < 1.29 is 4.42 Å². The van der Waals surface area contributed by atoms with Gasteiger partial charge in [0.2, 0.25) is 0 Å². The van der Waals surface area contributed by atoms with E-state index in [4.69, 9.17) is 16.0 Å². The van der Waals surface area contributed by atoms with Crippen molar-refractivity contribution in [2.75, 3.05) is 0 Å². The maximum absolute atomic E-state index is 6.02. The summed E-state index contributed by atoms with van der Waals surface area (Å²) in [4.78, 5) is 0. The molecule has 0 fully saturated rings. The van der Waals surface area contributed by atoms with Gasteiger partial charge in [0.05, 0.1) is 10.7 Å². The first-order chi connectivity index (χ1) is 7.58. The Kier molecular flexibility index (Phi) is 3.57. The fourth-order valence-electron chi connectivity index (χ4n) is 1.56. The highest BCUT2D eigenvalue weighted by molar-refractivity contribution is 9.10. The standard InChI is InChI=1S/C12H13BrClNO/c1-7(2)15-5-8-6-16-12-10(8)3-9(14)4-11(12)13/h3-4,6-7,15H,5H2,1-2H3. The van der Waals surface area contributed by atoms with Gasteiger partial charge in [-0.1, -0.05) is 25.4 Å². The minimum atomic E-state index is 0.451. The van der Waals surface area contributed by atoms with E-state index in [-0.39, 0.29) is 0 Å². The van der Waals surface area contributed by atoms with Gasteiger partial charge >= 0.3 is 0 Å². The molecule has 1 heterocycles. The molecule has 0 spiro atoms. The highest BCUT2D eigenvalue weighted by atomic mass is 79.9. The van der Waals surface area contributed by atoms with Crippen molar-refractivity contribution in [3.8, 4) is 0 Å². The van der Waals surface area contributed by atoms with Gasteiger partial charge in [-0.15, -0.1) is 0 Å². The summed E-state index contributed by atoms with van der Waals surface area (Å²) in [7, 11) is 0. The third-order valence-electron chi connectivity index (χ3n) is 2.37. The second-order valence-electron chi connectivity index (χ2n) is 4.06. The van der Waals surface area contributed by atoms with Gasteiger partial charge < -0.3 is 9.73 Å². The fraction of sp³-hybridized carbons (Fsp3) is 0.333. The van der Waals surface area contributed by atoms with Crippen molar-refractivity contribution >= 4 is 38.5 Å². The molecule has 0 radical (unpaired) electrons. The molecule has 0 aliphatic heterocycles. The molecule has 86 valence electrons. The Morgan fingerprint density at radius 3 is 2.88 bits per heavy atom. The minimum absolute atomic E-state index is 0.451. The lowest BCUT2D eigenvalue weighted by Crippen LogP contribution is -2.21. The van der Waals surface area contributed by atoms with Crippen LogP contribution in [0.4, 0.5) is 0 Å². The highest BCUT2D eigenvalue weighted by Crippen LogP contribution is 2.31. The summed E-state index contributed by atoms with van der Waals surface area (Å²) in [6, 6.07) is 4.22. The van der Waals surface area contributed by atoms with Crippen molar-refractivity contribution in [3.05, 3.63) is 33.5 Å². The summed E-state index contributed by atoms with van der Waals surface area (Å²) >= 11 is 9.47. The first kappa shape index (κ1) is 12.0. The predicted molar refractivity (Wildman–Crippen MR) is 70.9 cm³/mol. The van der Waals surface area contributed by atoms with Crippen LogP contribution in [0.3, 0.4) is 0 Å². The molecule has 1 aromatic carbocycles. The third-order valence-corrected chi connectivity index (χ3v) is 3.18. The predicted octanol–water partition coefficient (Wildman–Crippen LogP) is 4.35. The second kappa shape index (κ2) is 4.78. The zero-order valence-electron chi connectivity index (χ0n) is 9.18. The molecule has 16 heavy (non-hydrogen) atoms. The van der Waals surface area contributed by atoms with Gasteiger partial charge in [-0.25, -0.2) is 0 Å². The van der Waals surface area contributed by atoms with Crippen molar-refractivity contribution in [3.63, 3.8) is 0 Å². The molecule has 0 unspecified atom stereocenters. The smallest absolute Gasteiger partial charge is 0.148 e. The lowest BCUT2D eigenvalue weighted by molar-refractivity contribution is 0.572. The largest absolute Gasteiger partial charge is 0.463 e. The fourth-order valence-corrected chi connectivity index (χ4v) is 2.47. The number of halogens is 2. The van der Waals surface area contributed by atoms with Gasteiger partial charge in [-0.2, -0.15) is 0 Å². The van der Waals surface area contributed by atoms with Gasteiger partial charge in [0.25, 0.3) is 0 Å². The van der Waals surface area contributed by atoms with Crippen LogP contribution in [0.25, 0.3) is 11.0 Å². The summed E-state index contributed by atoms with van der Waals surface area (Å²) < 4.78 is 6.42. The maximum Gasteiger partial charge on any atom is 0.148 e. The van der Waals surface area contributed by atoms with E-state index in [2.05, 4.69) is 35.1 Å². The molecule has 2 rings (SSSR count). The quantitative estimate of drug-likeness (QED) is 0.912. The van der Waals surface area contributed by atoms with Crippen LogP contribution in [0.1, 0.15) is 19.4 Å². The Labute approximate surface area is 108 Å². The molecule has 2 nitrogen and oxygen atoms in total. The molecule has 0 amide bonds. The SMILES string of the molecule is CC(C)NCc1coc2c(Br)cc(Cl)cc12. The molecule has 0 saturated heterocycles. The van der Waals surface area contributed by atoms with E-state index in [1.165, 1.54) is 0 Å². The second-order valence-corrected chi connectivity index (χ2v) is 5.35. The monoisotopic (exact) mass is 301 g/mol. The Balaban J connectivity index is 2.40. The van der Waals surface area contributed by atoms with Crippen LogP contribution in [0.5, 0.6) is 0 Å². The zero-order valence-corrected chi connectivity index (χ0v) is 11.5. The van der Waals surface area contributed by atoms with Crippen LogP contribution in [-0.4, -0.2) is 6.04 Å². The topological polar surface area (TPSA) is 25.2 Å². The summed E-state index contributed by atoms with van der Waals surface area (Å²) in [5.74, 6) is 0. The lowest BCUT2D eigenvalue weighted by atomic mass is 10.1. The molecular formula is C12H13BrClNO. The van der Waals surface area contributed by atoms with Crippen molar-refractivity contribution in [1.82, 2.24) is 5.32 Å². The molecule has 4 heteroatoms. The van der Waals surface area contributed by atoms with Crippen molar-refractivity contribution in [2.45, 2.75) is 26.4 Å². The van der Waals surface area contributed by atoms with E-state index in [1.54, 1.807) is 6.26 Å². The summed E-state index contributed by atoms with van der Waals surface area (Å²) in [6.45, 7) is 5.02. The molecular weight excluding hydrogens is 289 g/mol. The number of furan rings is 1. The maximum atomic E-state index is 6.02. The highest BCUT2D eigenvalue weighted by Gasteiger charge is 2.10. The number of hydrogen-bond acceptors (Lipinski definition) is 2. The van der Waals surface area contributed by atoms with Gasteiger partial charge in [0.1, 0.15) is 5.58 Å². The number of benzene rings is 1. The molecule has 1 N–H and O–H groups in total. The van der Waals surface area contributed by atoms with E-state index in [0.29, 0.717) is 11.1 Å². The summed E-state index contributed by atoms with van der Waals surface area (Å²) in [6.07, 6.45) is 1.78. The van der Waals surface area contributed by atoms with Crippen LogP contribution in [-0.2, 0) is 6.54 Å². The number of fused-ring (bicyclic) bond motifs is 1. The molecule has 2 aromatic rings. The third kappa shape index (κ3) is 2.42. The Morgan fingerprint density at radius 2 is 2.19 bits per heavy atom. The van der Waals surface area contributed by atoms with Crippen LogP contribution in [0.2, 0.25) is 5.02 Å². The van der Waals surface area contributed by atoms with E-state index < -0.39 is 0 Å². The minimum Gasteiger partial charge on any atom is -0.463 e. The average Bonchev–Trinajstić information content (AvgIpc) is 2.58. The Morgan fingerprint density at radius 1 is 1.44 bits per heavy atom. The lowest BCUT2D eigenvalue weighted by Gasteiger charge is -2.06. The summed E-state index contributed by atoms with van der Waals surface area (Å²) in [5.41, 5.74) is 1.98. The van der Waals surface area contributed by atoms with Gasteiger partial charge in [0, 0.05) is 28.6 Å². The van der Waals surface area contributed by atoms with Crippen molar-refractivity contribution in [2.24, 2.45) is 0 Å². The first-order valence-corrected chi connectivity index (χ1v) is 6.33. The zero-order chi connectivity index (χ0) is 11.7. The van der Waals surface area contributed by atoms with Gasteiger partial charge in [-0.3, -0.25) is 0 Å². The normalized spacial score (nSPS) is 11.6. The number of hydrogen-bond donors (Lipinski definition) is 1. The van der Waals surface area contributed by atoms with Crippen LogP contribution in [0, 0.1) is 0 Å². The number of rotatable bonds is 3. The van der Waals surface area contributed by atoms with Crippen LogP contribution in [0.15, 0.2) is 27.3 Å². The van der Waals surface area contributed by atoms with Crippen LogP contribution >= 0.6 is 27.5 Å². The van der Waals surface area contributed by atoms with E-state index in [1.807, 2.05) is 12.1 Å². The Bertz CT molecular complexity index is 507. The molecule has 0 aliphatic carbocycles. The molecule has 0 bridgehead atoms. The van der Waals surface area contributed by atoms with E-state index in [9.17, 15) is 0 Å². The van der Waals surface area contributed by atoms with Crippen molar-refractivity contribution in [1.29, 1.82) is 0 Å². The van der Waals surface area contributed by atoms with Crippen LogP contribution < -0.4 is 5.32 Å². The van der Waals surface area contributed by atoms with E-state index in [0.717, 1.165) is 27.6 Å². The molecule has 0 atom stereocenters. The van der Waals surface area contributed by atoms with Gasteiger partial charge in [-0.05, 0) is 28.1 Å². The molecule has 1 aromatic heterocycles. The molecule has 0 saturated carbocycles. The van der Waals surface area contributed by atoms with Gasteiger partial charge in [0.15, 0.2) is 0 Å². The first-order valence-electron chi connectivity index (χ1n) is 5.16.